The van der Waals surface area contributed by atoms with E-state index >= 15 is 0 Å². The number of furan rings is 1. The van der Waals surface area contributed by atoms with Crippen LogP contribution in [0.1, 0.15) is 16.1 Å². The van der Waals surface area contributed by atoms with Crippen molar-refractivity contribution in [2.45, 2.75) is 6.54 Å². The normalized spacial score (nSPS) is 10.4. The average molecular weight is 374 g/mol. The number of ether oxygens (including phenoxy) is 3. The predicted octanol–water partition coefficient (Wildman–Crippen LogP) is 3.36. The van der Waals surface area contributed by atoms with E-state index in [4.69, 9.17) is 18.6 Å². The summed E-state index contributed by atoms with van der Waals surface area (Å²) in [6, 6.07) is 7.05. The number of amides is 1. The van der Waals surface area contributed by atoms with Gasteiger partial charge in [0.25, 0.3) is 5.91 Å². The third kappa shape index (κ3) is 3.65. The van der Waals surface area contributed by atoms with Crippen LogP contribution in [0.2, 0.25) is 0 Å². The Kier molecular flexibility index (Phi) is 5.43. The number of hydrogen-bond acceptors (Lipinski definition) is 7. The zero-order chi connectivity index (χ0) is 18.5. The van der Waals surface area contributed by atoms with Gasteiger partial charge in [-0.3, -0.25) is 4.79 Å². The van der Waals surface area contributed by atoms with Gasteiger partial charge in [-0.15, -0.1) is 11.3 Å². The molecule has 0 spiro atoms. The van der Waals surface area contributed by atoms with Crippen LogP contribution in [0.15, 0.2) is 40.3 Å². The van der Waals surface area contributed by atoms with Crippen LogP contribution in [-0.2, 0) is 6.54 Å². The third-order valence-electron chi connectivity index (χ3n) is 3.71. The first-order valence-electron chi connectivity index (χ1n) is 7.72. The maximum absolute atomic E-state index is 12.4. The Morgan fingerprint density at radius 3 is 2.50 bits per heavy atom. The molecule has 136 valence electrons. The van der Waals surface area contributed by atoms with Gasteiger partial charge in [0.1, 0.15) is 22.9 Å². The van der Waals surface area contributed by atoms with E-state index in [1.54, 1.807) is 57.2 Å². The van der Waals surface area contributed by atoms with E-state index in [1.165, 1.54) is 11.3 Å². The van der Waals surface area contributed by atoms with Crippen LogP contribution in [0, 0.1) is 0 Å². The lowest BCUT2D eigenvalue weighted by atomic mass is 10.1. The lowest BCUT2D eigenvalue weighted by Gasteiger charge is -2.15. The van der Waals surface area contributed by atoms with E-state index in [0.717, 1.165) is 0 Å². The molecule has 0 saturated carbocycles. The van der Waals surface area contributed by atoms with E-state index < -0.39 is 0 Å². The molecule has 0 aliphatic carbocycles. The molecule has 0 saturated heterocycles. The fourth-order valence-corrected chi connectivity index (χ4v) is 3.17. The van der Waals surface area contributed by atoms with Crippen LogP contribution >= 0.6 is 11.3 Å². The van der Waals surface area contributed by atoms with Crippen molar-refractivity contribution >= 4 is 17.2 Å². The molecule has 0 fully saturated rings. The Morgan fingerprint density at radius 1 is 1.19 bits per heavy atom. The summed E-state index contributed by atoms with van der Waals surface area (Å²) in [5, 5.41) is 5.18. The van der Waals surface area contributed by atoms with E-state index in [-0.39, 0.29) is 12.5 Å². The fraction of sp³-hybridized carbons (Fsp3) is 0.222. The number of rotatable bonds is 7. The Labute approximate surface area is 154 Å². The van der Waals surface area contributed by atoms with Crippen molar-refractivity contribution in [2.24, 2.45) is 0 Å². The van der Waals surface area contributed by atoms with Crippen molar-refractivity contribution in [3.8, 4) is 28.0 Å². The van der Waals surface area contributed by atoms with Crippen LogP contribution in [0.3, 0.4) is 0 Å². The standard InChI is InChI=1S/C18H18N2O5S/c1-22-11-7-15(23-2)12(16(8-11)24-3)9-19-17(21)13-10-26-18(20-13)14-5-4-6-25-14/h4-8,10H,9H2,1-3H3,(H,19,21). The molecule has 1 amide bonds. The number of carbonyl (C=O) groups excluding carboxylic acids is 1. The highest BCUT2D eigenvalue weighted by molar-refractivity contribution is 7.13. The SMILES string of the molecule is COc1cc(OC)c(CNC(=O)c2csc(-c3ccco3)n2)c(OC)c1. The topological polar surface area (TPSA) is 82.8 Å². The summed E-state index contributed by atoms with van der Waals surface area (Å²) in [7, 11) is 4.67. The van der Waals surface area contributed by atoms with Gasteiger partial charge in [0.15, 0.2) is 10.8 Å². The zero-order valence-electron chi connectivity index (χ0n) is 14.6. The van der Waals surface area contributed by atoms with Crippen molar-refractivity contribution in [3.63, 3.8) is 0 Å². The van der Waals surface area contributed by atoms with Gasteiger partial charge in [-0.2, -0.15) is 0 Å². The molecule has 7 nitrogen and oxygen atoms in total. The molecule has 0 aliphatic heterocycles. The molecule has 26 heavy (non-hydrogen) atoms. The Balaban J connectivity index is 1.75. The van der Waals surface area contributed by atoms with Crippen molar-refractivity contribution in [2.75, 3.05) is 21.3 Å². The summed E-state index contributed by atoms with van der Waals surface area (Å²) in [6.07, 6.45) is 1.57. The molecular weight excluding hydrogens is 356 g/mol. The van der Waals surface area contributed by atoms with Gasteiger partial charge < -0.3 is 23.9 Å². The number of carbonyl (C=O) groups is 1. The summed E-state index contributed by atoms with van der Waals surface area (Å²) in [5.74, 6) is 2.08. The second kappa shape index (κ2) is 7.92. The molecule has 3 aromatic rings. The second-order valence-corrected chi connectivity index (χ2v) is 6.07. The summed E-state index contributed by atoms with van der Waals surface area (Å²) < 4.78 is 21.3. The number of nitrogens with zero attached hydrogens (tertiary/aromatic N) is 1. The molecule has 2 aromatic heterocycles. The molecule has 8 heteroatoms. The highest BCUT2D eigenvalue weighted by Crippen LogP contribution is 2.34. The third-order valence-corrected chi connectivity index (χ3v) is 4.57. The lowest BCUT2D eigenvalue weighted by Crippen LogP contribution is -2.23. The van der Waals surface area contributed by atoms with E-state index in [0.29, 0.717) is 39.3 Å². The molecule has 3 rings (SSSR count). The Hall–Kier alpha value is -3.00. The number of benzene rings is 1. The van der Waals surface area contributed by atoms with Crippen LogP contribution in [-0.4, -0.2) is 32.2 Å². The minimum absolute atomic E-state index is 0.225. The van der Waals surface area contributed by atoms with Gasteiger partial charge in [-0.05, 0) is 12.1 Å². The van der Waals surface area contributed by atoms with Gasteiger partial charge in [-0.25, -0.2) is 4.98 Å². The highest BCUT2D eigenvalue weighted by atomic mass is 32.1. The zero-order valence-corrected chi connectivity index (χ0v) is 15.4. The van der Waals surface area contributed by atoms with E-state index in [1.807, 2.05) is 0 Å². The number of hydrogen-bond donors (Lipinski definition) is 1. The first kappa shape index (κ1) is 17.8. The minimum atomic E-state index is -0.293. The van der Waals surface area contributed by atoms with Gasteiger partial charge in [0, 0.05) is 17.5 Å². The average Bonchev–Trinajstić information content (AvgIpc) is 3.36. The van der Waals surface area contributed by atoms with Crippen LogP contribution in [0.5, 0.6) is 17.2 Å². The molecule has 1 aromatic carbocycles. The first-order valence-corrected chi connectivity index (χ1v) is 8.60. The quantitative estimate of drug-likeness (QED) is 0.683. The monoisotopic (exact) mass is 374 g/mol. The van der Waals surface area contributed by atoms with Gasteiger partial charge in [0.2, 0.25) is 0 Å². The molecule has 1 N–H and O–H groups in total. The summed E-state index contributed by atoms with van der Waals surface area (Å²) >= 11 is 1.35. The van der Waals surface area contributed by atoms with Gasteiger partial charge in [-0.1, -0.05) is 0 Å². The fourth-order valence-electron chi connectivity index (χ4n) is 2.40. The number of thiazole rings is 1. The van der Waals surface area contributed by atoms with E-state index in [9.17, 15) is 4.79 Å². The molecule has 2 heterocycles. The largest absolute Gasteiger partial charge is 0.496 e. The van der Waals surface area contributed by atoms with Crippen molar-refractivity contribution in [3.05, 3.63) is 47.2 Å². The molecule has 0 aliphatic rings. The minimum Gasteiger partial charge on any atom is -0.496 e. The predicted molar refractivity (Wildman–Crippen MR) is 97.1 cm³/mol. The first-order chi connectivity index (χ1) is 12.7. The van der Waals surface area contributed by atoms with Crippen molar-refractivity contribution < 1.29 is 23.4 Å². The van der Waals surface area contributed by atoms with E-state index in [2.05, 4.69) is 10.3 Å². The number of methoxy groups -OCH3 is 3. The van der Waals surface area contributed by atoms with Gasteiger partial charge in [0.05, 0.1) is 39.7 Å². The Bertz CT molecular complexity index is 864. The van der Waals surface area contributed by atoms with Crippen molar-refractivity contribution in [1.82, 2.24) is 10.3 Å². The maximum atomic E-state index is 12.4. The van der Waals surface area contributed by atoms with Crippen molar-refractivity contribution in [1.29, 1.82) is 0 Å². The molecule has 0 bridgehead atoms. The lowest BCUT2D eigenvalue weighted by molar-refractivity contribution is 0.0946. The molecule has 0 atom stereocenters. The second-order valence-electron chi connectivity index (χ2n) is 5.21. The molecule has 0 radical (unpaired) electrons. The number of aromatic nitrogens is 1. The summed E-state index contributed by atoms with van der Waals surface area (Å²) in [4.78, 5) is 16.7. The maximum Gasteiger partial charge on any atom is 0.271 e. The summed E-state index contributed by atoms with van der Waals surface area (Å²) in [5.41, 5.74) is 1.04. The Morgan fingerprint density at radius 2 is 1.92 bits per heavy atom. The summed E-state index contributed by atoms with van der Waals surface area (Å²) in [6.45, 7) is 0.225. The van der Waals surface area contributed by atoms with Crippen LogP contribution < -0.4 is 19.5 Å². The highest BCUT2D eigenvalue weighted by Gasteiger charge is 2.17. The smallest absolute Gasteiger partial charge is 0.271 e. The van der Waals surface area contributed by atoms with Crippen LogP contribution in [0.25, 0.3) is 10.8 Å². The molecule has 0 unspecified atom stereocenters. The van der Waals surface area contributed by atoms with Gasteiger partial charge >= 0.3 is 0 Å². The van der Waals surface area contributed by atoms with Crippen LogP contribution in [0.4, 0.5) is 0 Å². The molecular formula is C18H18N2O5S. The number of nitrogens with one attached hydrogen (secondary N) is 1.